The quantitative estimate of drug-likeness (QED) is 0.386. The van der Waals surface area contributed by atoms with Crippen LogP contribution in [0, 0.1) is 20.8 Å². The predicted molar refractivity (Wildman–Crippen MR) is 110 cm³/mol. The number of nitrogens with zero attached hydrogens (tertiary/aromatic N) is 1. The Labute approximate surface area is 162 Å². The Balaban J connectivity index is 1.83. The molecule has 0 atom stereocenters. The summed E-state index contributed by atoms with van der Waals surface area (Å²) in [6.07, 6.45) is 0. The van der Waals surface area contributed by atoms with E-state index in [2.05, 4.69) is 39.4 Å². The molecule has 0 aromatic heterocycles. The molecule has 7 heteroatoms. The third-order valence-corrected chi connectivity index (χ3v) is 5.71. The third kappa shape index (κ3) is 6.37. The Morgan fingerprint density at radius 2 is 1.70 bits per heavy atom. The lowest BCUT2D eigenvalue weighted by atomic mass is 10.1. The molecule has 2 aromatic carbocycles. The summed E-state index contributed by atoms with van der Waals surface area (Å²) in [5.74, 6) is 0.627. The van der Waals surface area contributed by atoms with Crippen LogP contribution in [0.15, 0.2) is 52.4 Å². The lowest BCUT2D eigenvalue weighted by Gasteiger charge is -2.13. The van der Waals surface area contributed by atoms with Crippen LogP contribution >= 0.6 is 0 Å². The number of hydrogen-bond donors (Lipinski definition) is 3. The van der Waals surface area contributed by atoms with Gasteiger partial charge in [0.2, 0.25) is 10.0 Å². The van der Waals surface area contributed by atoms with E-state index in [1.54, 1.807) is 20.0 Å². The van der Waals surface area contributed by atoms with Gasteiger partial charge in [0.25, 0.3) is 0 Å². The van der Waals surface area contributed by atoms with Crippen LogP contribution in [-0.4, -0.2) is 34.5 Å². The van der Waals surface area contributed by atoms with E-state index in [-0.39, 0.29) is 6.54 Å². The maximum Gasteiger partial charge on any atom is 0.240 e. The van der Waals surface area contributed by atoms with Gasteiger partial charge in [0.1, 0.15) is 0 Å². The fourth-order valence-electron chi connectivity index (χ4n) is 2.67. The van der Waals surface area contributed by atoms with Crippen LogP contribution in [0.1, 0.15) is 22.3 Å². The molecule has 0 saturated carbocycles. The van der Waals surface area contributed by atoms with Gasteiger partial charge < -0.3 is 10.6 Å². The molecule has 27 heavy (non-hydrogen) atoms. The highest BCUT2D eigenvalue weighted by Gasteiger charge is 2.16. The molecule has 0 fully saturated rings. The number of sulfonamides is 1. The van der Waals surface area contributed by atoms with Crippen molar-refractivity contribution in [1.82, 2.24) is 15.4 Å². The largest absolute Gasteiger partial charge is 0.355 e. The smallest absolute Gasteiger partial charge is 0.240 e. The molecule has 0 aliphatic rings. The molecule has 0 spiro atoms. The summed E-state index contributed by atoms with van der Waals surface area (Å²) in [5.41, 5.74) is 4.02. The zero-order valence-electron chi connectivity index (χ0n) is 16.3. The van der Waals surface area contributed by atoms with Gasteiger partial charge in [-0.15, -0.1) is 0 Å². The summed E-state index contributed by atoms with van der Waals surface area (Å²) in [6, 6.07) is 13.6. The SMILES string of the molecule is CN=C(NCCNS(=O)(=O)c1cc(C)ccc1C)NCc1cccc(C)c1. The number of rotatable bonds is 7. The molecule has 6 nitrogen and oxygen atoms in total. The van der Waals surface area contributed by atoms with Gasteiger partial charge in [-0.2, -0.15) is 0 Å². The van der Waals surface area contributed by atoms with Gasteiger partial charge in [0.05, 0.1) is 4.90 Å². The minimum absolute atomic E-state index is 0.265. The molecular weight excluding hydrogens is 360 g/mol. The highest BCUT2D eigenvalue weighted by Crippen LogP contribution is 2.16. The van der Waals surface area contributed by atoms with Gasteiger partial charge >= 0.3 is 0 Å². The van der Waals surface area contributed by atoms with Gasteiger partial charge in [-0.3, -0.25) is 4.99 Å². The maximum absolute atomic E-state index is 12.5. The van der Waals surface area contributed by atoms with E-state index < -0.39 is 10.0 Å². The van der Waals surface area contributed by atoms with E-state index in [0.717, 1.165) is 16.7 Å². The Hall–Kier alpha value is -2.38. The number of aryl methyl sites for hydroxylation is 3. The van der Waals surface area contributed by atoms with Crippen molar-refractivity contribution < 1.29 is 8.42 Å². The molecule has 0 heterocycles. The van der Waals surface area contributed by atoms with Crippen LogP contribution in [0.2, 0.25) is 0 Å². The van der Waals surface area contributed by atoms with Crippen molar-refractivity contribution in [2.45, 2.75) is 32.2 Å². The van der Waals surface area contributed by atoms with Crippen molar-refractivity contribution in [2.75, 3.05) is 20.1 Å². The van der Waals surface area contributed by atoms with Crippen LogP contribution in [0.25, 0.3) is 0 Å². The summed E-state index contributed by atoms with van der Waals surface area (Å²) in [7, 11) is -1.84. The molecule has 0 aliphatic heterocycles. The number of hydrogen-bond acceptors (Lipinski definition) is 3. The van der Waals surface area contributed by atoms with Crippen molar-refractivity contribution in [3.05, 3.63) is 64.7 Å². The second-order valence-electron chi connectivity index (χ2n) is 6.51. The molecule has 2 rings (SSSR count). The fraction of sp³-hybridized carbons (Fsp3) is 0.350. The number of aliphatic imine (C=N–C) groups is 1. The van der Waals surface area contributed by atoms with Crippen molar-refractivity contribution in [3.8, 4) is 0 Å². The van der Waals surface area contributed by atoms with Gasteiger partial charge in [-0.1, -0.05) is 42.0 Å². The van der Waals surface area contributed by atoms with E-state index in [9.17, 15) is 8.42 Å². The zero-order chi connectivity index (χ0) is 19.9. The first-order chi connectivity index (χ1) is 12.8. The first kappa shape index (κ1) is 20.9. The lowest BCUT2D eigenvalue weighted by molar-refractivity contribution is 0.580. The van der Waals surface area contributed by atoms with E-state index in [0.29, 0.717) is 23.9 Å². The van der Waals surface area contributed by atoms with E-state index in [1.807, 2.05) is 31.2 Å². The summed E-state index contributed by atoms with van der Waals surface area (Å²) in [6.45, 7) is 7.07. The molecule has 0 unspecified atom stereocenters. The Morgan fingerprint density at radius 1 is 0.963 bits per heavy atom. The van der Waals surface area contributed by atoms with Crippen molar-refractivity contribution in [3.63, 3.8) is 0 Å². The highest BCUT2D eigenvalue weighted by molar-refractivity contribution is 7.89. The minimum Gasteiger partial charge on any atom is -0.355 e. The Morgan fingerprint density at radius 3 is 2.41 bits per heavy atom. The van der Waals surface area contributed by atoms with Gasteiger partial charge in [-0.25, -0.2) is 13.1 Å². The fourth-order valence-corrected chi connectivity index (χ4v) is 4.03. The third-order valence-electron chi connectivity index (χ3n) is 4.11. The second kappa shape index (κ2) is 9.53. The first-order valence-corrected chi connectivity index (χ1v) is 10.4. The number of benzene rings is 2. The van der Waals surface area contributed by atoms with E-state index in [1.165, 1.54) is 5.56 Å². The van der Waals surface area contributed by atoms with E-state index >= 15 is 0 Å². The molecular formula is C20H28N4O2S. The van der Waals surface area contributed by atoms with Crippen LogP contribution in [0.3, 0.4) is 0 Å². The van der Waals surface area contributed by atoms with Crippen LogP contribution < -0.4 is 15.4 Å². The Kier molecular flexibility index (Phi) is 7.38. The minimum atomic E-state index is -3.53. The molecule has 0 saturated heterocycles. The molecule has 0 radical (unpaired) electrons. The standard InChI is InChI=1S/C20H28N4O2S/c1-15-6-5-7-18(12-15)14-23-20(21-4)22-10-11-24-27(25,26)19-13-16(2)8-9-17(19)3/h5-9,12-13,24H,10-11,14H2,1-4H3,(H2,21,22,23). The van der Waals surface area contributed by atoms with Gasteiger partial charge in [0, 0.05) is 26.7 Å². The monoisotopic (exact) mass is 388 g/mol. The average molecular weight is 389 g/mol. The molecule has 3 N–H and O–H groups in total. The number of guanidine groups is 1. The van der Waals surface area contributed by atoms with Crippen LogP contribution in [-0.2, 0) is 16.6 Å². The molecule has 0 bridgehead atoms. The van der Waals surface area contributed by atoms with E-state index in [4.69, 9.17) is 0 Å². The topological polar surface area (TPSA) is 82.6 Å². The average Bonchev–Trinajstić information content (AvgIpc) is 2.63. The first-order valence-electron chi connectivity index (χ1n) is 8.89. The molecule has 2 aromatic rings. The van der Waals surface area contributed by atoms with Crippen molar-refractivity contribution >= 4 is 16.0 Å². The molecule has 0 aliphatic carbocycles. The van der Waals surface area contributed by atoms with Crippen LogP contribution in [0.5, 0.6) is 0 Å². The zero-order valence-corrected chi connectivity index (χ0v) is 17.2. The molecule has 146 valence electrons. The van der Waals surface area contributed by atoms with Gasteiger partial charge in [-0.05, 0) is 43.5 Å². The second-order valence-corrected chi connectivity index (χ2v) is 8.24. The molecule has 0 amide bonds. The maximum atomic E-state index is 12.5. The summed E-state index contributed by atoms with van der Waals surface area (Å²) in [5, 5.41) is 6.34. The normalized spacial score (nSPS) is 12.1. The summed E-state index contributed by atoms with van der Waals surface area (Å²) in [4.78, 5) is 4.48. The van der Waals surface area contributed by atoms with Crippen LogP contribution in [0.4, 0.5) is 0 Å². The van der Waals surface area contributed by atoms with Crippen molar-refractivity contribution in [1.29, 1.82) is 0 Å². The Bertz CT molecular complexity index is 908. The van der Waals surface area contributed by atoms with Gasteiger partial charge in [0.15, 0.2) is 5.96 Å². The number of nitrogens with one attached hydrogen (secondary N) is 3. The summed E-state index contributed by atoms with van der Waals surface area (Å²) >= 11 is 0. The summed E-state index contributed by atoms with van der Waals surface area (Å²) < 4.78 is 27.6. The predicted octanol–water partition coefficient (Wildman–Crippen LogP) is 2.26. The van der Waals surface area contributed by atoms with Crippen molar-refractivity contribution in [2.24, 2.45) is 4.99 Å². The lowest BCUT2D eigenvalue weighted by Crippen LogP contribution is -2.41. The highest BCUT2D eigenvalue weighted by atomic mass is 32.2.